The van der Waals surface area contributed by atoms with Crippen molar-refractivity contribution < 1.29 is 10.2 Å². The summed E-state index contributed by atoms with van der Waals surface area (Å²) >= 11 is 0. The van der Waals surface area contributed by atoms with Gasteiger partial charge in [-0.25, -0.2) is 0 Å². The van der Waals surface area contributed by atoms with Crippen LogP contribution in [0, 0.1) is 40.9 Å². The number of hydrogen-bond donors (Lipinski definition) is 2. The first-order chi connectivity index (χ1) is 13.8. The Morgan fingerprint density at radius 3 is 2.59 bits per heavy atom. The minimum atomic E-state index is -0.421. The molecule has 9 atom stereocenters. The molecule has 0 aromatic carbocycles. The summed E-state index contributed by atoms with van der Waals surface area (Å²) in [6, 6.07) is 0. The second-order valence-electron chi connectivity index (χ2n) is 11.7. The fraction of sp³-hybridized carbons (Fsp3) is 0.926. The summed E-state index contributed by atoms with van der Waals surface area (Å²) in [6.07, 6.45) is 16.5. The predicted octanol–water partition coefficient (Wildman–Crippen LogP) is 6.50. The van der Waals surface area contributed by atoms with Gasteiger partial charge in [0.2, 0.25) is 0 Å². The van der Waals surface area contributed by atoms with E-state index in [1.807, 2.05) is 0 Å². The highest BCUT2D eigenvalue weighted by molar-refractivity contribution is 5.22. The van der Waals surface area contributed by atoms with Crippen LogP contribution in [-0.4, -0.2) is 21.9 Å². The Hall–Kier alpha value is -0.340. The first-order valence-electron chi connectivity index (χ1n) is 12.9. The van der Waals surface area contributed by atoms with E-state index >= 15 is 0 Å². The average Bonchev–Trinajstić information content (AvgIpc) is 3.08. The third-order valence-electron chi connectivity index (χ3n) is 10.4. The van der Waals surface area contributed by atoms with Crippen molar-refractivity contribution in [2.45, 2.75) is 116 Å². The molecule has 2 N–H and O–H groups in total. The van der Waals surface area contributed by atoms with E-state index in [1.165, 1.54) is 44.9 Å². The number of allylic oxidation sites excluding steroid dienone is 1. The SMILES string of the molecule is CC[C@H](O)CC[C@@H](C)[C@H]1CC[C@H]2[C@@H]3CC=C4C[C@](O)(CC)CC[C@@H]4C3CC[C@]12C. The van der Waals surface area contributed by atoms with E-state index in [0.717, 1.165) is 67.6 Å². The van der Waals surface area contributed by atoms with Crippen molar-refractivity contribution in [2.75, 3.05) is 0 Å². The molecule has 0 bridgehead atoms. The molecule has 0 heterocycles. The van der Waals surface area contributed by atoms with Gasteiger partial charge in [-0.3, -0.25) is 0 Å². The van der Waals surface area contributed by atoms with Gasteiger partial charge in [-0.15, -0.1) is 0 Å². The van der Waals surface area contributed by atoms with E-state index in [2.05, 4.69) is 33.8 Å². The summed E-state index contributed by atoms with van der Waals surface area (Å²) < 4.78 is 0. The summed E-state index contributed by atoms with van der Waals surface area (Å²) in [5.41, 5.74) is 1.71. The van der Waals surface area contributed by atoms with Gasteiger partial charge in [-0.2, -0.15) is 0 Å². The monoisotopic (exact) mass is 402 g/mol. The van der Waals surface area contributed by atoms with Gasteiger partial charge < -0.3 is 10.2 Å². The summed E-state index contributed by atoms with van der Waals surface area (Å²) in [4.78, 5) is 0. The van der Waals surface area contributed by atoms with Crippen LogP contribution in [0.15, 0.2) is 11.6 Å². The average molecular weight is 403 g/mol. The second kappa shape index (κ2) is 8.30. The number of aliphatic hydroxyl groups excluding tert-OH is 1. The Kier molecular flexibility index (Phi) is 6.26. The lowest BCUT2D eigenvalue weighted by molar-refractivity contribution is -0.0464. The Labute approximate surface area is 179 Å². The molecule has 3 saturated carbocycles. The van der Waals surface area contributed by atoms with E-state index < -0.39 is 5.60 Å². The topological polar surface area (TPSA) is 40.5 Å². The molecule has 2 heteroatoms. The molecular weight excluding hydrogens is 356 g/mol. The summed E-state index contributed by atoms with van der Waals surface area (Å²) in [5.74, 6) is 5.01. The molecule has 4 rings (SSSR count). The standard InChI is InChI=1S/C27H46O2/c1-5-20(28)9-7-18(3)24-11-12-25-23-10-8-19-17-27(29,6-2)16-14-21(19)22(23)13-15-26(24,25)4/h8,18,20-25,28-29H,5-7,9-17H2,1-4H3/t18-,20+,21+,22?,23-,24-,25+,26-,27+/m1/s1. The second-order valence-corrected chi connectivity index (χ2v) is 11.7. The molecule has 0 saturated heterocycles. The van der Waals surface area contributed by atoms with E-state index in [1.54, 1.807) is 5.57 Å². The number of fused-ring (bicyclic) bond motifs is 5. The highest BCUT2D eigenvalue weighted by atomic mass is 16.3. The van der Waals surface area contributed by atoms with Crippen molar-refractivity contribution in [1.29, 1.82) is 0 Å². The van der Waals surface area contributed by atoms with Gasteiger partial charge in [-0.1, -0.05) is 39.3 Å². The maximum atomic E-state index is 10.9. The van der Waals surface area contributed by atoms with Crippen LogP contribution in [0.2, 0.25) is 0 Å². The minimum Gasteiger partial charge on any atom is -0.393 e. The summed E-state index contributed by atoms with van der Waals surface area (Å²) in [7, 11) is 0. The smallest absolute Gasteiger partial charge is 0.0682 e. The van der Waals surface area contributed by atoms with E-state index in [-0.39, 0.29) is 6.10 Å². The predicted molar refractivity (Wildman–Crippen MR) is 121 cm³/mol. The molecule has 3 fully saturated rings. The van der Waals surface area contributed by atoms with Crippen LogP contribution in [0.1, 0.15) is 105 Å². The van der Waals surface area contributed by atoms with Gasteiger partial charge in [0.15, 0.2) is 0 Å². The Morgan fingerprint density at radius 2 is 1.86 bits per heavy atom. The molecule has 4 aliphatic carbocycles. The van der Waals surface area contributed by atoms with Crippen molar-refractivity contribution >= 4 is 0 Å². The summed E-state index contributed by atoms with van der Waals surface area (Å²) in [5, 5.41) is 20.9. The maximum absolute atomic E-state index is 10.9. The van der Waals surface area contributed by atoms with Gasteiger partial charge in [0.1, 0.15) is 0 Å². The molecule has 1 unspecified atom stereocenters. The van der Waals surface area contributed by atoms with Crippen LogP contribution < -0.4 is 0 Å². The molecule has 29 heavy (non-hydrogen) atoms. The van der Waals surface area contributed by atoms with E-state index in [0.29, 0.717) is 5.41 Å². The molecule has 166 valence electrons. The third kappa shape index (κ3) is 3.86. The lowest BCUT2D eigenvalue weighted by atomic mass is 9.50. The third-order valence-corrected chi connectivity index (χ3v) is 10.4. The highest BCUT2D eigenvalue weighted by Crippen LogP contribution is 2.65. The maximum Gasteiger partial charge on any atom is 0.0682 e. The minimum absolute atomic E-state index is 0.104. The van der Waals surface area contributed by atoms with Crippen molar-refractivity contribution in [3.05, 3.63) is 11.6 Å². The van der Waals surface area contributed by atoms with E-state index in [4.69, 9.17) is 0 Å². The fourth-order valence-corrected chi connectivity index (χ4v) is 8.50. The van der Waals surface area contributed by atoms with Crippen LogP contribution >= 0.6 is 0 Å². The normalized spacial score (nSPS) is 46.3. The first-order valence-corrected chi connectivity index (χ1v) is 12.9. The molecule has 2 nitrogen and oxygen atoms in total. The molecular formula is C27H46O2. The Bertz CT molecular complexity index is 612. The molecule has 0 radical (unpaired) electrons. The zero-order valence-electron chi connectivity index (χ0n) is 19.5. The number of rotatable bonds is 6. The van der Waals surface area contributed by atoms with Crippen molar-refractivity contribution in [3.63, 3.8) is 0 Å². The van der Waals surface area contributed by atoms with Crippen LogP contribution in [-0.2, 0) is 0 Å². The molecule has 0 spiro atoms. The Morgan fingerprint density at radius 1 is 1.07 bits per heavy atom. The summed E-state index contributed by atoms with van der Waals surface area (Å²) in [6.45, 7) is 9.35. The van der Waals surface area contributed by atoms with Gasteiger partial charge in [0.25, 0.3) is 0 Å². The van der Waals surface area contributed by atoms with Gasteiger partial charge in [0, 0.05) is 0 Å². The fourth-order valence-electron chi connectivity index (χ4n) is 8.50. The lowest BCUT2D eigenvalue weighted by Crippen LogP contribution is -2.48. The van der Waals surface area contributed by atoms with Gasteiger partial charge >= 0.3 is 0 Å². The van der Waals surface area contributed by atoms with Crippen LogP contribution in [0.4, 0.5) is 0 Å². The largest absolute Gasteiger partial charge is 0.393 e. The van der Waals surface area contributed by atoms with Crippen LogP contribution in [0.3, 0.4) is 0 Å². The molecule has 0 amide bonds. The number of hydrogen-bond acceptors (Lipinski definition) is 2. The first kappa shape index (κ1) is 21.9. The molecule has 0 aliphatic heterocycles. The van der Waals surface area contributed by atoms with Gasteiger partial charge in [-0.05, 0) is 118 Å². The number of aliphatic hydroxyl groups is 2. The zero-order valence-corrected chi connectivity index (χ0v) is 19.5. The Balaban J connectivity index is 1.46. The lowest BCUT2D eigenvalue weighted by Gasteiger charge is -2.55. The zero-order chi connectivity index (χ0) is 20.8. The van der Waals surface area contributed by atoms with Crippen molar-refractivity contribution in [1.82, 2.24) is 0 Å². The quantitative estimate of drug-likeness (QED) is 0.498. The van der Waals surface area contributed by atoms with Gasteiger partial charge in [0.05, 0.1) is 11.7 Å². The van der Waals surface area contributed by atoms with E-state index in [9.17, 15) is 10.2 Å². The molecule has 0 aromatic rings. The van der Waals surface area contributed by atoms with Crippen molar-refractivity contribution in [3.8, 4) is 0 Å². The van der Waals surface area contributed by atoms with Crippen LogP contribution in [0.25, 0.3) is 0 Å². The van der Waals surface area contributed by atoms with Crippen LogP contribution in [0.5, 0.6) is 0 Å². The highest BCUT2D eigenvalue weighted by Gasteiger charge is 2.57. The molecule has 0 aromatic heterocycles. The molecule has 4 aliphatic rings. The van der Waals surface area contributed by atoms with Crippen molar-refractivity contribution in [2.24, 2.45) is 40.9 Å².